The van der Waals surface area contributed by atoms with Crippen molar-refractivity contribution in [2.45, 2.75) is 33.3 Å². The van der Waals surface area contributed by atoms with E-state index in [9.17, 15) is 4.79 Å². The monoisotopic (exact) mass is 169 g/mol. The van der Waals surface area contributed by atoms with Gasteiger partial charge in [0.2, 0.25) is 0 Å². The van der Waals surface area contributed by atoms with E-state index in [2.05, 4.69) is 5.32 Å². The molecular formula is C7H16NNaO2. The van der Waals surface area contributed by atoms with Crippen LogP contribution in [0.2, 0.25) is 0 Å². The van der Waals surface area contributed by atoms with Crippen LogP contribution < -0.4 is 5.32 Å². The summed E-state index contributed by atoms with van der Waals surface area (Å²) in [5.74, 6) is 0. The van der Waals surface area contributed by atoms with Crippen molar-refractivity contribution in [1.29, 1.82) is 0 Å². The van der Waals surface area contributed by atoms with Crippen molar-refractivity contribution in [3.8, 4) is 0 Å². The molecule has 0 unspecified atom stereocenters. The van der Waals surface area contributed by atoms with Crippen LogP contribution in [-0.2, 0) is 4.74 Å². The summed E-state index contributed by atoms with van der Waals surface area (Å²) in [6, 6.07) is 0. The van der Waals surface area contributed by atoms with Crippen LogP contribution in [0.5, 0.6) is 0 Å². The summed E-state index contributed by atoms with van der Waals surface area (Å²) >= 11 is 0. The van der Waals surface area contributed by atoms with E-state index in [1.807, 2.05) is 27.7 Å². The minimum atomic E-state index is -0.390. The van der Waals surface area contributed by atoms with Crippen LogP contribution in [-0.4, -0.2) is 47.8 Å². The Labute approximate surface area is 90.2 Å². The zero-order valence-electron chi connectivity index (χ0n) is 7.02. The minimum absolute atomic E-state index is 0. The summed E-state index contributed by atoms with van der Waals surface area (Å²) < 4.78 is 4.93. The van der Waals surface area contributed by atoms with Gasteiger partial charge in [-0.2, -0.15) is 0 Å². The number of hydrogen-bond donors (Lipinski definition) is 1. The number of rotatable bonds is 1. The van der Waals surface area contributed by atoms with Crippen molar-refractivity contribution in [2.75, 3.05) is 6.54 Å². The second-order valence-electron chi connectivity index (χ2n) is 3.03. The maximum absolute atomic E-state index is 10.7. The zero-order valence-corrected chi connectivity index (χ0v) is 7.02. The van der Waals surface area contributed by atoms with Crippen LogP contribution in [0.15, 0.2) is 0 Å². The molecule has 0 fully saturated rings. The Morgan fingerprint density at radius 3 is 2.18 bits per heavy atom. The van der Waals surface area contributed by atoms with Gasteiger partial charge in [0.25, 0.3) is 0 Å². The fourth-order valence-corrected chi connectivity index (χ4v) is 0.459. The van der Waals surface area contributed by atoms with Crippen molar-refractivity contribution < 1.29 is 9.53 Å². The first-order chi connectivity index (χ1) is 4.45. The van der Waals surface area contributed by atoms with Gasteiger partial charge in [-0.25, -0.2) is 4.79 Å². The van der Waals surface area contributed by atoms with Gasteiger partial charge in [-0.3, -0.25) is 0 Å². The Morgan fingerprint density at radius 2 is 1.91 bits per heavy atom. The van der Waals surface area contributed by atoms with Crippen molar-refractivity contribution in [2.24, 2.45) is 0 Å². The summed E-state index contributed by atoms with van der Waals surface area (Å²) in [5, 5.41) is 2.54. The maximum atomic E-state index is 10.7. The van der Waals surface area contributed by atoms with Crippen LogP contribution in [0, 0.1) is 0 Å². The number of amides is 1. The first-order valence-electron chi connectivity index (χ1n) is 3.42. The summed E-state index contributed by atoms with van der Waals surface area (Å²) in [6.45, 7) is 7.96. The Morgan fingerprint density at radius 1 is 1.45 bits per heavy atom. The molecule has 0 radical (unpaired) electrons. The third-order valence-electron chi connectivity index (χ3n) is 0.720. The average molecular weight is 169 g/mol. The fourth-order valence-electron chi connectivity index (χ4n) is 0.459. The van der Waals surface area contributed by atoms with Gasteiger partial charge >= 0.3 is 35.7 Å². The quantitative estimate of drug-likeness (QED) is 0.592. The zero-order chi connectivity index (χ0) is 8.20. The number of carbonyl (C=O) groups excluding carboxylic acids is 1. The molecule has 0 aromatic rings. The van der Waals surface area contributed by atoms with Gasteiger partial charge in [-0.05, 0) is 27.7 Å². The summed E-state index contributed by atoms with van der Waals surface area (Å²) in [7, 11) is 0. The van der Waals surface area contributed by atoms with Gasteiger partial charge in [0.15, 0.2) is 0 Å². The molecule has 11 heavy (non-hydrogen) atoms. The number of hydrogen-bond acceptors (Lipinski definition) is 2. The molecule has 0 aliphatic rings. The van der Waals surface area contributed by atoms with Crippen molar-refractivity contribution in [3.63, 3.8) is 0 Å². The van der Waals surface area contributed by atoms with Crippen LogP contribution in [0.25, 0.3) is 0 Å². The first-order valence-corrected chi connectivity index (χ1v) is 3.42. The third kappa shape index (κ3) is 10.3. The fraction of sp³-hybridized carbons (Fsp3) is 0.857. The normalized spacial score (nSPS) is 9.82. The second kappa shape index (κ2) is 5.86. The van der Waals surface area contributed by atoms with Crippen LogP contribution >= 0.6 is 0 Å². The van der Waals surface area contributed by atoms with Gasteiger partial charge in [-0.15, -0.1) is 0 Å². The van der Waals surface area contributed by atoms with Gasteiger partial charge in [0.05, 0.1) is 0 Å². The van der Waals surface area contributed by atoms with Gasteiger partial charge in [0, 0.05) is 6.54 Å². The van der Waals surface area contributed by atoms with E-state index in [1.165, 1.54) is 0 Å². The van der Waals surface area contributed by atoms with E-state index in [0.717, 1.165) is 0 Å². The van der Waals surface area contributed by atoms with Gasteiger partial charge in [-0.1, -0.05) is 0 Å². The number of alkyl carbamates (subject to hydrolysis) is 1. The molecule has 4 heteroatoms. The Kier molecular flexibility index (Phi) is 7.37. The molecule has 0 saturated heterocycles. The topological polar surface area (TPSA) is 38.3 Å². The van der Waals surface area contributed by atoms with Gasteiger partial charge < -0.3 is 10.1 Å². The molecule has 0 aromatic heterocycles. The van der Waals surface area contributed by atoms with Crippen molar-refractivity contribution in [1.82, 2.24) is 5.32 Å². The van der Waals surface area contributed by atoms with E-state index < -0.39 is 0 Å². The Bertz CT molecular complexity index is 120. The molecule has 0 rings (SSSR count). The Hall–Kier alpha value is 0.270. The molecule has 62 valence electrons. The van der Waals surface area contributed by atoms with E-state index in [-0.39, 0.29) is 41.3 Å². The van der Waals surface area contributed by atoms with Crippen LogP contribution in [0.1, 0.15) is 27.7 Å². The van der Waals surface area contributed by atoms with E-state index in [0.29, 0.717) is 6.54 Å². The van der Waals surface area contributed by atoms with E-state index in [4.69, 9.17) is 4.74 Å². The molecule has 1 amide bonds. The average Bonchev–Trinajstić information content (AvgIpc) is 1.59. The van der Waals surface area contributed by atoms with E-state index in [1.54, 1.807) is 0 Å². The Balaban J connectivity index is 0. The summed E-state index contributed by atoms with van der Waals surface area (Å²) in [4.78, 5) is 10.7. The molecule has 0 saturated carbocycles. The van der Waals surface area contributed by atoms with Gasteiger partial charge in [0.1, 0.15) is 5.60 Å². The predicted molar refractivity (Wildman–Crippen MR) is 47.1 cm³/mol. The molecule has 0 atom stereocenters. The summed E-state index contributed by atoms with van der Waals surface area (Å²) in [6.07, 6.45) is -0.352. The van der Waals surface area contributed by atoms with Crippen molar-refractivity contribution in [3.05, 3.63) is 0 Å². The molecule has 3 nitrogen and oxygen atoms in total. The number of ether oxygens (including phenoxy) is 1. The predicted octanol–water partition coefficient (Wildman–Crippen LogP) is 0.883. The van der Waals surface area contributed by atoms with Crippen LogP contribution in [0.3, 0.4) is 0 Å². The first kappa shape index (κ1) is 13.8. The molecule has 0 bridgehead atoms. The molecule has 0 spiro atoms. The molecule has 0 aliphatic carbocycles. The summed E-state index contributed by atoms with van der Waals surface area (Å²) in [5.41, 5.74) is -0.390. The van der Waals surface area contributed by atoms with E-state index >= 15 is 0 Å². The third-order valence-corrected chi connectivity index (χ3v) is 0.720. The standard InChI is InChI=1S/C7H15NO2.Na.H/c1-5-8-6(9)10-7(2,3)4;;/h5H2,1-4H3,(H,8,9);;. The molecule has 0 heterocycles. The molecule has 1 N–H and O–H groups in total. The second-order valence-corrected chi connectivity index (χ2v) is 3.03. The van der Waals surface area contributed by atoms with Crippen molar-refractivity contribution >= 4 is 35.7 Å². The van der Waals surface area contributed by atoms with Crippen LogP contribution in [0.4, 0.5) is 4.79 Å². The number of nitrogens with one attached hydrogen (secondary N) is 1. The molecular weight excluding hydrogens is 153 g/mol. The number of carbonyl (C=O) groups is 1. The SMILES string of the molecule is CCNC(=O)OC(C)(C)C.[NaH]. The molecule has 0 aromatic carbocycles. The molecule has 0 aliphatic heterocycles.